The number of phosphoric ester groups is 1. The molecule has 21 heteroatoms. The Kier molecular flexibility index (Phi) is 9.49. The summed E-state index contributed by atoms with van der Waals surface area (Å²) in [7, 11) is -15.2. The van der Waals surface area contributed by atoms with Gasteiger partial charge in [0.2, 0.25) is 0 Å². The summed E-state index contributed by atoms with van der Waals surface area (Å²) in [6, 6.07) is 0. The van der Waals surface area contributed by atoms with Crippen LogP contribution in [0.3, 0.4) is 0 Å². The van der Waals surface area contributed by atoms with E-state index in [2.05, 4.69) is 18.5 Å². The molecule has 1 aromatic heterocycles. The van der Waals surface area contributed by atoms with Crippen molar-refractivity contribution in [1.29, 1.82) is 0 Å². The molecule has 1 aliphatic rings. The van der Waals surface area contributed by atoms with Gasteiger partial charge in [-0.25, -0.2) is 18.5 Å². The average Bonchev–Trinajstić information content (AvgIpc) is 2.94. The van der Waals surface area contributed by atoms with Crippen LogP contribution in [0, 0.1) is 0 Å². The van der Waals surface area contributed by atoms with E-state index in [-0.39, 0.29) is 5.56 Å². The second-order valence-electron chi connectivity index (χ2n) is 6.64. The molecule has 0 spiro atoms. The zero-order chi connectivity index (χ0) is 25.9. The normalized spacial score (nSPS) is 27.0. The van der Waals surface area contributed by atoms with E-state index in [1.54, 1.807) is 13.1 Å². The second-order valence-corrected chi connectivity index (χ2v) is 11.1. The topological polar surface area (TPSA) is 276 Å². The summed E-state index contributed by atoms with van der Waals surface area (Å²) in [5.41, 5.74) is -1.76. The highest BCUT2D eigenvalue weighted by atomic mass is 31.3. The Bertz CT molecular complexity index is 1160. The first-order valence-corrected chi connectivity index (χ1v) is 13.5. The van der Waals surface area contributed by atoms with E-state index in [0.29, 0.717) is 6.54 Å². The summed E-state index contributed by atoms with van der Waals surface area (Å²) in [4.78, 5) is 61.7. The zero-order valence-electron chi connectivity index (χ0n) is 17.1. The van der Waals surface area contributed by atoms with Gasteiger partial charge in [0.05, 0.1) is 12.2 Å². The number of nitrogens with zero attached hydrogens (tertiary/aromatic N) is 1. The molecule has 1 aromatic rings. The number of ether oxygens (including phenoxy) is 1. The number of hydrogen-bond acceptors (Lipinski definition) is 12. The number of aromatic nitrogens is 2. The fourth-order valence-electron chi connectivity index (χ4n) is 2.68. The van der Waals surface area contributed by atoms with Crippen LogP contribution in [-0.4, -0.2) is 77.8 Å². The van der Waals surface area contributed by atoms with Crippen LogP contribution in [0.2, 0.25) is 0 Å². The van der Waals surface area contributed by atoms with Crippen molar-refractivity contribution in [2.24, 2.45) is 0 Å². The quantitative estimate of drug-likeness (QED) is 0.134. The lowest BCUT2D eigenvalue weighted by molar-refractivity contribution is -0.0542. The van der Waals surface area contributed by atoms with Crippen LogP contribution < -0.4 is 16.6 Å². The molecule has 34 heavy (non-hydrogen) atoms. The molecule has 1 fully saturated rings. The Morgan fingerprint density at radius 2 is 1.76 bits per heavy atom. The Labute approximate surface area is 189 Å². The van der Waals surface area contributed by atoms with E-state index in [9.17, 15) is 38.4 Å². The lowest BCUT2D eigenvalue weighted by atomic mass is 10.1. The van der Waals surface area contributed by atoms with Crippen LogP contribution in [0.4, 0.5) is 0 Å². The van der Waals surface area contributed by atoms with E-state index in [0.717, 1.165) is 10.8 Å². The number of likely N-dealkylation sites (N-methyl/N-ethyl adjacent to an activating group) is 1. The van der Waals surface area contributed by atoms with Gasteiger partial charge >= 0.3 is 29.2 Å². The van der Waals surface area contributed by atoms with E-state index in [1.807, 2.05) is 4.98 Å². The van der Waals surface area contributed by atoms with E-state index >= 15 is 0 Å². The second kappa shape index (κ2) is 11.2. The van der Waals surface area contributed by atoms with Gasteiger partial charge in [-0.1, -0.05) is 12.2 Å². The number of phosphoric acid groups is 3. The molecule has 2 heterocycles. The first-order valence-electron chi connectivity index (χ1n) is 9.02. The summed E-state index contributed by atoms with van der Waals surface area (Å²) in [5.74, 6) is 0. The maximum Gasteiger partial charge on any atom is 0.490 e. The summed E-state index contributed by atoms with van der Waals surface area (Å²) < 4.78 is 51.3. The molecule has 1 saturated heterocycles. The Morgan fingerprint density at radius 1 is 1.12 bits per heavy atom. The van der Waals surface area contributed by atoms with Gasteiger partial charge in [0.25, 0.3) is 5.56 Å². The smallest absolute Gasteiger partial charge is 0.387 e. The van der Waals surface area contributed by atoms with Gasteiger partial charge in [0, 0.05) is 12.7 Å². The van der Waals surface area contributed by atoms with Gasteiger partial charge in [0.15, 0.2) is 6.23 Å². The number of nitrogens with one attached hydrogen (secondary N) is 2. The summed E-state index contributed by atoms with van der Waals surface area (Å²) in [6.07, 6.45) is -2.84. The number of rotatable bonds is 11. The van der Waals surface area contributed by atoms with E-state index < -0.39 is 65.9 Å². The Balaban J connectivity index is 2.15. The molecule has 8 N–H and O–H groups in total. The molecule has 2 rings (SSSR count). The highest BCUT2D eigenvalue weighted by Crippen LogP contribution is 2.66. The van der Waals surface area contributed by atoms with Crippen LogP contribution >= 0.6 is 23.5 Å². The van der Waals surface area contributed by atoms with Crippen LogP contribution in [0.15, 0.2) is 21.9 Å². The fraction of sp³-hybridized carbons (Fsp3) is 0.538. The van der Waals surface area contributed by atoms with E-state index in [4.69, 9.17) is 19.4 Å². The molecule has 0 aromatic carbocycles. The van der Waals surface area contributed by atoms with Crippen molar-refractivity contribution >= 4 is 29.5 Å². The van der Waals surface area contributed by atoms with Crippen LogP contribution in [0.25, 0.3) is 6.08 Å². The highest BCUT2D eigenvalue weighted by Gasteiger charge is 2.46. The van der Waals surface area contributed by atoms with Gasteiger partial charge in [-0.15, -0.1) is 0 Å². The first-order chi connectivity index (χ1) is 15.6. The monoisotopic (exact) mass is 553 g/mol. The van der Waals surface area contributed by atoms with Gasteiger partial charge in [-0.05, 0) is 7.05 Å². The minimum Gasteiger partial charge on any atom is -0.387 e. The molecule has 0 aliphatic carbocycles. The van der Waals surface area contributed by atoms with Crippen molar-refractivity contribution < 1.29 is 61.4 Å². The molecule has 6 atom stereocenters. The Hall–Kier alpha value is -1.33. The predicted octanol–water partition coefficient (Wildman–Crippen LogP) is -2.27. The zero-order valence-corrected chi connectivity index (χ0v) is 19.8. The minimum absolute atomic E-state index is 0.00291. The molecule has 194 valence electrons. The van der Waals surface area contributed by atoms with Crippen LogP contribution in [0.1, 0.15) is 11.8 Å². The number of aromatic amines is 1. The molecule has 1 aliphatic heterocycles. The van der Waals surface area contributed by atoms with Crippen molar-refractivity contribution in [3.8, 4) is 0 Å². The van der Waals surface area contributed by atoms with Crippen molar-refractivity contribution in [1.82, 2.24) is 14.9 Å². The third-order valence-electron chi connectivity index (χ3n) is 4.04. The molecular weight excluding hydrogens is 531 g/mol. The van der Waals surface area contributed by atoms with E-state index in [1.165, 1.54) is 6.08 Å². The third-order valence-corrected chi connectivity index (χ3v) is 7.85. The average molecular weight is 553 g/mol. The molecular formula is C13H22N3O15P3. The summed E-state index contributed by atoms with van der Waals surface area (Å²) in [6.45, 7) is -0.673. The van der Waals surface area contributed by atoms with Gasteiger partial charge in [-0.3, -0.25) is 18.9 Å². The largest absolute Gasteiger partial charge is 0.490 e. The molecule has 0 amide bonds. The number of aliphatic hydroxyl groups is 2. The third kappa shape index (κ3) is 8.12. The van der Waals surface area contributed by atoms with Gasteiger partial charge < -0.3 is 39.8 Å². The number of hydrogen-bond donors (Lipinski definition) is 8. The van der Waals surface area contributed by atoms with Crippen LogP contribution in [0.5, 0.6) is 0 Å². The molecule has 0 saturated carbocycles. The standard InChI is InChI=1S/C13H22N3O15P3/c1-14-4-2-3-7-5-16(13(20)15-11(7)19)12-10(18)9(17)8(29-12)6-28-33(24,25)31-34(26,27)30-32(21,22)23/h2-3,5,8-10,12,14,17-18H,4,6H2,1H3,(H,24,25)(H,26,27)(H,15,19,20)(H2,21,22,23)/b3-2+/t8-,9?,10+,12-/m1/s1. The molecule has 18 nitrogen and oxygen atoms in total. The van der Waals surface area contributed by atoms with Crippen molar-refractivity contribution in [3.05, 3.63) is 38.7 Å². The maximum atomic E-state index is 12.2. The lowest BCUT2D eigenvalue weighted by Gasteiger charge is -2.19. The SMILES string of the molecule is CNC/C=C/c1cn([C@@H]2O[C@H](COP(=O)(O)OP(=O)(O)OP(=O)(O)O)C(O)[C@@H]2O)c(=O)[nH]c1=O. The maximum absolute atomic E-state index is 12.2. The number of H-pyrrole nitrogens is 1. The predicted molar refractivity (Wildman–Crippen MR) is 110 cm³/mol. The van der Waals surface area contributed by atoms with Gasteiger partial charge in [-0.2, -0.15) is 8.62 Å². The number of aliphatic hydroxyl groups excluding tert-OH is 2. The Morgan fingerprint density at radius 3 is 2.35 bits per heavy atom. The van der Waals surface area contributed by atoms with Crippen molar-refractivity contribution in [2.45, 2.75) is 24.5 Å². The van der Waals surface area contributed by atoms with Crippen molar-refractivity contribution in [3.63, 3.8) is 0 Å². The fourth-order valence-corrected chi connectivity index (χ4v) is 5.71. The lowest BCUT2D eigenvalue weighted by Crippen LogP contribution is -2.38. The molecule has 3 unspecified atom stereocenters. The highest BCUT2D eigenvalue weighted by molar-refractivity contribution is 7.66. The molecule has 0 bridgehead atoms. The summed E-state index contributed by atoms with van der Waals surface area (Å²) >= 11 is 0. The molecule has 0 radical (unpaired) electrons. The first kappa shape index (κ1) is 28.9. The van der Waals surface area contributed by atoms with Crippen molar-refractivity contribution in [2.75, 3.05) is 20.2 Å². The van der Waals surface area contributed by atoms with Crippen LogP contribution in [-0.2, 0) is 31.6 Å². The minimum atomic E-state index is -5.76. The van der Waals surface area contributed by atoms with Gasteiger partial charge in [0.1, 0.15) is 18.3 Å². The summed E-state index contributed by atoms with van der Waals surface area (Å²) in [5, 5.41) is 23.2.